The van der Waals surface area contributed by atoms with Gasteiger partial charge in [0.05, 0.1) is 11.3 Å². The highest BCUT2D eigenvalue weighted by atomic mass is 16.3. The number of anilines is 1. The molecule has 1 aliphatic rings. The molecule has 0 bridgehead atoms. The van der Waals surface area contributed by atoms with Crippen LogP contribution < -0.4 is 4.90 Å². The van der Waals surface area contributed by atoms with Crippen LogP contribution in [0.2, 0.25) is 0 Å². The Labute approximate surface area is 163 Å². The van der Waals surface area contributed by atoms with E-state index in [-0.39, 0.29) is 29.0 Å². The van der Waals surface area contributed by atoms with E-state index in [1.54, 1.807) is 11.1 Å². The predicted molar refractivity (Wildman–Crippen MR) is 109 cm³/mol. The van der Waals surface area contributed by atoms with E-state index in [9.17, 15) is 15.0 Å². The molecule has 1 amide bonds. The van der Waals surface area contributed by atoms with Gasteiger partial charge in [-0.15, -0.1) is 0 Å². The van der Waals surface area contributed by atoms with Gasteiger partial charge in [0.15, 0.2) is 0 Å². The van der Waals surface area contributed by atoms with E-state index >= 15 is 0 Å². The first-order valence-electron chi connectivity index (χ1n) is 9.36. The molecule has 142 valence electrons. The van der Waals surface area contributed by atoms with Crippen LogP contribution in [0.25, 0.3) is 11.3 Å². The van der Waals surface area contributed by atoms with Gasteiger partial charge in [-0.25, -0.2) is 0 Å². The number of rotatable bonds is 2. The normalized spacial score (nSPS) is 15.9. The monoisotopic (exact) mass is 374 g/mol. The molecule has 0 saturated heterocycles. The molecule has 0 unspecified atom stereocenters. The lowest BCUT2D eigenvalue weighted by Gasteiger charge is -2.35. The maximum atomic E-state index is 13.2. The van der Waals surface area contributed by atoms with Crippen molar-refractivity contribution in [2.75, 3.05) is 4.90 Å². The smallest absolute Gasteiger partial charge is 0.262 e. The molecule has 0 radical (unpaired) electrons. The molecule has 28 heavy (non-hydrogen) atoms. The maximum absolute atomic E-state index is 13.2. The van der Waals surface area contributed by atoms with Gasteiger partial charge in [0.2, 0.25) is 0 Å². The molecule has 2 aromatic carbocycles. The van der Waals surface area contributed by atoms with Gasteiger partial charge in [0, 0.05) is 29.6 Å². The van der Waals surface area contributed by atoms with Crippen molar-refractivity contribution in [3.05, 3.63) is 71.4 Å². The second kappa shape index (κ2) is 7.00. The molecule has 5 nitrogen and oxygen atoms in total. The molecule has 2 N–H and O–H groups in total. The van der Waals surface area contributed by atoms with E-state index in [4.69, 9.17) is 0 Å². The number of carbonyl (C=O) groups is 1. The van der Waals surface area contributed by atoms with Crippen LogP contribution >= 0.6 is 0 Å². The van der Waals surface area contributed by atoms with Crippen LogP contribution in [0.15, 0.2) is 54.7 Å². The summed E-state index contributed by atoms with van der Waals surface area (Å²) < 4.78 is 0. The van der Waals surface area contributed by atoms with Crippen molar-refractivity contribution in [3.63, 3.8) is 0 Å². The Hall–Kier alpha value is -3.34. The summed E-state index contributed by atoms with van der Waals surface area (Å²) in [6.07, 6.45) is 3.50. The molecular weight excluding hydrogens is 352 g/mol. The van der Waals surface area contributed by atoms with Crippen molar-refractivity contribution in [3.8, 4) is 22.8 Å². The quantitative estimate of drug-likeness (QED) is 0.695. The van der Waals surface area contributed by atoms with Crippen LogP contribution in [-0.2, 0) is 6.42 Å². The van der Waals surface area contributed by atoms with Gasteiger partial charge >= 0.3 is 0 Å². The van der Waals surface area contributed by atoms with Crippen LogP contribution in [0.5, 0.6) is 11.5 Å². The van der Waals surface area contributed by atoms with Crippen molar-refractivity contribution in [1.29, 1.82) is 0 Å². The Morgan fingerprint density at radius 1 is 1.14 bits per heavy atom. The molecule has 2 heterocycles. The zero-order valence-corrected chi connectivity index (χ0v) is 15.9. The van der Waals surface area contributed by atoms with Gasteiger partial charge in [0.1, 0.15) is 11.5 Å². The van der Waals surface area contributed by atoms with Gasteiger partial charge in [-0.1, -0.05) is 12.1 Å². The van der Waals surface area contributed by atoms with E-state index in [1.807, 2.05) is 38.1 Å². The number of aromatic hydroxyl groups is 2. The number of phenolic OH excluding ortho intramolecular Hbond substituents is 2. The van der Waals surface area contributed by atoms with Crippen molar-refractivity contribution >= 4 is 11.6 Å². The van der Waals surface area contributed by atoms with E-state index in [0.717, 1.165) is 40.9 Å². The Morgan fingerprint density at radius 2 is 1.96 bits per heavy atom. The summed E-state index contributed by atoms with van der Waals surface area (Å²) in [6.45, 7) is 4.04. The second-order valence-electron chi connectivity index (χ2n) is 7.28. The minimum absolute atomic E-state index is 0.00985. The third-order valence-electron chi connectivity index (χ3n) is 5.32. The predicted octanol–water partition coefficient (Wildman–Crippen LogP) is 4.45. The average Bonchev–Trinajstić information content (AvgIpc) is 2.67. The molecule has 1 aliphatic heterocycles. The fraction of sp³-hybridized carbons (Fsp3) is 0.217. The average molecular weight is 374 g/mol. The fourth-order valence-electron chi connectivity index (χ4n) is 3.83. The number of nitrogens with zero attached hydrogens (tertiary/aromatic N) is 2. The summed E-state index contributed by atoms with van der Waals surface area (Å²) in [5, 5.41) is 19.6. The summed E-state index contributed by atoms with van der Waals surface area (Å²) in [4.78, 5) is 19.4. The summed E-state index contributed by atoms with van der Waals surface area (Å²) in [5.74, 6) is -0.561. The minimum Gasteiger partial charge on any atom is -0.508 e. The van der Waals surface area contributed by atoms with E-state index < -0.39 is 0 Å². The van der Waals surface area contributed by atoms with Crippen LogP contribution in [0.1, 0.15) is 34.8 Å². The third kappa shape index (κ3) is 3.09. The topological polar surface area (TPSA) is 73.7 Å². The molecule has 3 aromatic rings. The van der Waals surface area contributed by atoms with Gasteiger partial charge in [0.25, 0.3) is 5.91 Å². The lowest BCUT2D eigenvalue weighted by molar-refractivity contribution is 0.0972. The van der Waals surface area contributed by atoms with Crippen LogP contribution in [0.4, 0.5) is 5.69 Å². The van der Waals surface area contributed by atoms with Gasteiger partial charge < -0.3 is 15.1 Å². The lowest BCUT2D eigenvalue weighted by atomic mass is 9.92. The van der Waals surface area contributed by atoms with Crippen molar-refractivity contribution < 1.29 is 15.0 Å². The van der Waals surface area contributed by atoms with Crippen molar-refractivity contribution in [1.82, 2.24) is 4.98 Å². The lowest BCUT2D eigenvalue weighted by Crippen LogP contribution is -2.42. The van der Waals surface area contributed by atoms with Crippen molar-refractivity contribution in [2.45, 2.75) is 32.7 Å². The molecule has 0 spiro atoms. The highest BCUT2D eigenvalue weighted by Crippen LogP contribution is 2.36. The Balaban J connectivity index is 1.76. The zero-order chi connectivity index (χ0) is 19.8. The number of hydrogen-bond donors (Lipinski definition) is 2. The molecular formula is C23H22N2O3. The highest BCUT2D eigenvalue weighted by molar-refractivity contribution is 6.09. The first-order valence-corrected chi connectivity index (χ1v) is 9.36. The highest BCUT2D eigenvalue weighted by Gasteiger charge is 2.30. The third-order valence-corrected chi connectivity index (χ3v) is 5.32. The molecule has 4 rings (SSSR count). The summed E-state index contributed by atoms with van der Waals surface area (Å²) >= 11 is 0. The van der Waals surface area contributed by atoms with E-state index in [0.29, 0.717) is 0 Å². The molecule has 0 fully saturated rings. The number of pyridine rings is 1. The number of aromatic nitrogens is 1. The second-order valence-corrected chi connectivity index (χ2v) is 7.28. The zero-order valence-electron chi connectivity index (χ0n) is 15.9. The first-order chi connectivity index (χ1) is 13.5. The summed E-state index contributed by atoms with van der Waals surface area (Å²) in [7, 11) is 0. The molecule has 0 saturated carbocycles. The number of carbonyl (C=O) groups excluding carboxylic acids is 1. The Kier molecular flexibility index (Phi) is 4.51. The molecule has 1 atom stereocenters. The number of hydrogen-bond acceptors (Lipinski definition) is 4. The number of fused-ring (bicyclic) bond motifs is 1. The Bertz CT molecular complexity index is 1060. The van der Waals surface area contributed by atoms with Crippen LogP contribution in [0, 0.1) is 6.92 Å². The van der Waals surface area contributed by atoms with Gasteiger partial charge in [-0.2, -0.15) is 0 Å². The SMILES string of the molecule is Cc1cccnc1-c1ccc2c(c1)CC[C@@H](C)N2C(=O)c1ccc(O)cc1O. The first kappa shape index (κ1) is 18.0. The maximum Gasteiger partial charge on any atom is 0.262 e. The van der Waals surface area contributed by atoms with Crippen molar-refractivity contribution in [2.24, 2.45) is 0 Å². The number of amides is 1. The number of phenols is 2. The standard InChI is InChI=1S/C23H22N2O3/c1-14-4-3-11-24-22(14)17-7-10-20-16(12-17)6-5-15(2)25(20)23(28)19-9-8-18(26)13-21(19)27/h3-4,7-13,15,26-27H,5-6H2,1-2H3/t15-/m1/s1. The molecule has 0 aliphatic carbocycles. The summed E-state index contributed by atoms with van der Waals surface area (Å²) in [5.41, 5.74) is 5.21. The Morgan fingerprint density at radius 3 is 2.71 bits per heavy atom. The van der Waals surface area contributed by atoms with Crippen LogP contribution in [-0.4, -0.2) is 27.1 Å². The largest absolute Gasteiger partial charge is 0.508 e. The minimum atomic E-state index is -0.271. The van der Waals surface area contributed by atoms with Crippen LogP contribution in [0.3, 0.4) is 0 Å². The van der Waals surface area contributed by atoms with E-state index in [1.165, 1.54) is 18.2 Å². The van der Waals surface area contributed by atoms with Gasteiger partial charge in [-0.3, -0.25) is 9.78 Å². The number of aryl methyl sites for hydroxylation is 2. The molecule has 5 heteroatoms. The van der Waals surface area contributed by atoms with E-state index in [2.05, 4.69) is 11.1 Å². The summed E-state index contributed by atoms with van der Waals surface area (Å²) in [6, 6.07) is 14.1. The fourth-order valence-corrected chi connectivity index (χ4v) is 3.83. The number of benzene rings is 2. The van der Waals surface area contributed by atoms with Gasteiger partial charge in [-0.05, 0) is 68.1 Å². The molecule has 1 aromatic heterocycles.